The summed E-state index contributed by atoms with van der Waals surface area (Å²) in [5, 5.41) is 3.04. The molecule has 3 fully saturated rings. The third kappa shape index (κ3) is 3.38. The molecule has 140 valence electrons. The van der Waals surface area contributed by atoms with E-state index < -0.39 is 17.4 Å². The fraction of sp³-hybridized carbons (Fsp3) is 0.529. The number of amides is 2. The second-order valence-electron chi connectivity index (χ2n) is 7.07. The number of halogens is 2. The van der Waals surface area contributed by atoms with Crippen LogP contribution in [-0.4, -0.2) is 55.0 Å². The van der Waals surface area contributed by atoms with Gasteiger partial charge in [-0.2, -0.15) is 0 Å². The van der Waals surface area contributed by atoms with Crippen molar-refractivity contribution in [1.29, 1.82) is 0 Å². The average molecular weight is 385 g/mol. The molecule has 0 aromatic heterocycles. The number of nitrogens with zero attached hydrogens (tertiary/aromatic N) is 1. The molecule has 1 aromatic carbocycles. The molecule has 1 N–H and O–H groups in total. The fourth-order valence-corrected chi connectivity index (χ4v) is 3.56. The molecule has 2 aliphatic heterocycles. The lowest BCUT2D eigenvalue weighted by Gasteiger charge is -2.46. The average Bonchev–Trinajstić information content (AvgIpc) is 2.91. The molecule has 0 unspecified atom stereocenters. The van der Waals surface area contributed by atoms with E-state index in [1.165, 1.54) is 12.1 Å². The van der Waals surface area contributed by atoms with E-state index in [0.717, 1.165) is 0 Å². The van der Waals surface area contributed by atoms with Gasteiger partial charge in [-0.3, -0.25) is 0 Å². The van der Waals surface area contributed by atoms with Crippen LogP contribution >= 0.6 is 11.6 Å². The summed E-state index contributed by atoms with van der Waals surface area (Å²) in [5.74, 6) is -0.107. The van der Waals surface area contributed by atoms with Crippen LogP contribution in [0.1, 0.15) is 12.8 Å². The molecular weight excluding hydrogens is 367 g/mol. The third-order valence-corrected chi connectivity index (χ3v) is 5.16. The van der Waals surface area contributed by atoms with Crippen LogP contribution in [0.15, 0.2) is 18.2 Å². The minimum atomic E-state index is -0.491. The fourth-order valence-electron chi connectivity index (χ4n) is 3.40. The van der Waals surface area contributed by atoms with E-state index >= 15 is 0 Å². The summed E-state index contributed by atoms with van der Waals surface area (Å²) in [7, 11) is 0. The SMILES string of the molecule is O=C1NC2(CO1)CN(C(=O)OC1CC(COc3ccc(Cl)cc3F)C1)C2. The molecule has 0 radical (unpaired) electrons. The molecule has 2 amide bonds. The summed E-state index contributed by atoms with van der Waals surface area (Å²) in [6.45, 7) is 1.43. The van der Waals surface area contributed by atoms with Crippen LogP contribution in [0.25, 0.3) is 0 Å². The highest BCUT2D eigenvalue weighted by atomic mass is 35.5. The first-order valence-corrected chi connectivity index (χ1v) is 8.79. The van der Waals surface area contributed by atoms with E-state index in [9.17, 15) is 14.0 Å². The molecule has 1 spiro atoms. The molecule has 1 saturated carbocycles. The second kappa shape index (κ2) is 6.50. The number of alkyl carbamates (subject to hydrolysis) is 1. The molecule has 0 atom stereocenters. The molecule has 3 aliphatic rings. The number of likely N-dealkylation sites (tertiary alicyclic amines) is 1. The van der Waals surface area contributed by atoms with E-state index in [4.69, 9.17) is 25.8 Å². The number of hydrogen-bond acceptors (Lipinski definition) is 5. The summed E-state index contributed by atoms with van der Waals surface area (Å²) < 4.78 is 29.4. The Morgan fingerprint density at radius 1 is 1.42 bits per heavy atom. The van der Waals surface area contributed by atoms with Gasteiger partial charge in [-0.1, -0.05) is 11.6 Å². The van der Waals surface area contributed by atoms with Gasteiger partial charge in [0.1, 0.15) is 18.2 Å². The zero-order valence-electron chi connectivity index (χ0n) is 13.9. The molecular formula is C17H18ClFN2O5. The van der Waals surface area contributed by atoms with E-state index in [-0.39, 0.29) is 30.5 Å². The maximum Gasteiger partial charge on any atom is 0.410 e. The van der Waals surface area contributed by atoms with Crippen molar-refractivity contribution in [2.45, 2.75) is 24.5 Å². The Labute approximate surface area is 154 Å². The predicted molar refractivity (Wildman–Crippen MR) is 88.7 cm³/mol. The minimum absolute atomic E-state index is 0.155. The zero-order chi connectivity index (χ0) is 18.3. The van der Waals surface area contributed by atoms with Crippen molar-refractivity contribution in [2.75, 3.05) is 26.3 Å². The molecule has 9 heteroatoms. The maximum atomic E-state index is 13.6. The monoisotopic (exact) mass is 384 g/mol. The Balaban J connectivity index is 1.15. The summed E-state index contributed by atoms with van der Waals surface area (Å²) in [5.41, 5.74) is -0.450. The summed E-state index contributed by atoms with van der Waals surface area (Å²) in [6.07, 6.45) is 0.374. The first-order chi connectivity index (χ1) is 12.4. The Bertz CT molecular complexity index is 734. The number of carbonyl (C=O) groups is 2. The molecule has 2 heterocycles. The number of nitrogens with one attached hydrogen (secondary N) is 1. The van der Waals surface area contributed by atoms with Crippen molar-refractivity contribution >= 4 is 23.8 Å². The van der Waals surface area contributed by atoms with Gasteiger partial charge in [-0.25, -0.2) is 14.0 Å². The van der Waals surface area contributed by atoms with Gasteiger partial charge in [0.25, 0.3) is 0 Å². The molecule has 1 aromatic rings. The Morgan fingerprint density at radius 3 is 2.85 bits per heavy atom. The van der Waals surface area contributed by atoms with Crippen LogP contribution in [0.3, 0.4) is 0 Å². The number of cyclic esters (lactones) is 1. The lowest BCUT2D eigenvalue weighted by atomic mass is 9.83. The Morgan fingerprint density at radius 2 is 2.19 bits per heavy atom. The van der Waals surface area contributed by atoms with E-state index in [1.54, 1.807) is 11.0 Å². The molecule has 4 rings (SSSR count). The van der Waals surface area contributed by atoms with Gasteiger partial charge >= 0.3 is 12.2 Å². The third-order valence-electron chi connectivity index (χ3n) is 4.92. The highest BCUT2D eigenvalue weighted by molar-refractivity contribution is 6.30. The largest absolute Gasteiger partial charge is 0.490 e. The normalized spacial score (nSPS) is 25.8. The number of carbonyl (C=O) groups excluding carboxylic acids is 2. The van der Waals surface area contributed by atoms with Crippen molar-refractivity contribution in [2.24, 2.45) is 5.92 Å². The van der Waals surface area contributed by atoms with E-state index in [2.05, 4.69) is 5.32 Å². The van der Waals surface area contributed by atoms with Crippen LogP contribution in [0.2, 0.25) is 5.02 Å². The van der Waals surface area contributed by atoms with Crippen molar-refractivity contribution in [3.05, 3.63) is 29.0 Å². The number of hydrogen-bond donors (Lipinski definition) is 1. The minimum Gasteiger partial charge on any atom is -0.490 e. The molecule has 26 heavy (non-hydrogen) atoms. The van der Waals surface area contributed by atoms with Gasteiger partial charge in [-0.15, -0.1) is 0 Å². The predicted octanol–water partition coefficient (Wildman–Crippen LogP) is 2.57. The summed E-state index contributed by atoms with van der Waals surface area (Å²) in [4.78, 5) is 24.7. The molecule has 0 bridgehead atoms. The zero-order valence-corrected chi connectivity index (χ0v) is 14.6. The highest BCUT2D eigenvalue weighted by Gasteiger charge is 2.52. The van der Waals surface area contributed by atoms with Crippen LogP contribution in [0, 0.1) is 11.7 Å². The Hall–Kier alpha value is -2.22. The van der Waals surface area contributed by atoms with Gasteiger partial charge in [0.2, 0.25) is 0 Å². The van der Waals surface area contributed by atoms with Crippen LogP contribution in [-0.2, 0) is 9.47 Å². The number of benzene rings is 1. The maximum absolute atomic E-state index is 13.6. The smallest absolute Gasteiger partial charge is 0.410 e. The van der Waals surface area contributed by atoms with Crippen LogP contribution in [0.5, 0.6) is 5.75 Å². The first kappa shape index (κ1) is 17.2. The van der Waals surface area contributed by atoms with Crippen molar-refractivity contribution in [3.8, 4) is 5.75 Å². The summed E-state index contributed by atoms with van der Waals surface area (Å²) in [6, 6.07) is 4.28. The van der Waals surface area contributed by atoms with E-state index in [1.807, 2.05) is 0 Å². The Kier molecular flexibility index (Phi) is 4.30. The van der Waals surface area contributed by atoms with Gasteiger partial charge in [-0.05, 0) is 37.0 Å². The highest BCUT2D eigenvalue weighted by Crippen LogP contribution is 2.33. The lowest BCUT2D eigenvalue weighted by molar-refractivity contribution is -0.0360. The first-order valence-electron chi connectivity index (χ1n) is 8.41. The van der Waals surface area contributed by atoms with Crippen molar-refractivity contribution in [1.82, 2.24) is 10.2 Å². The summed E-state index contributed by atoms with van der Waals surface area (Å²) >= 11 is 5.70. The quantitative estimate of drug-likeness (QED) is 0.863. The number of rotatable bonds is 4. The van der Waals surface area contributed by atoms with Gasteiger partial charge in [0.15, 0.2) is 11.6 Å². The van der Waals surface area contributed by atoms with Crippen LogP contribution in [0.4, 0.5) is 14.0 Å². The van der Waals surface area contributed by atoms with E-state index in [0.29, 0.717) is 37.6 Å². The van der Waals surface area contributed by atoms with Gasteiger partial charge in [0, 0.05) is 5.02 Å². The van der Waals surface area contributed by atoms with Crippen LogP contribution < -0.4 is 10.1 Å². The molecule has 2 saturated heterocycles. The second-order valence-corrected chi connectivity index (χ2v) is 7.50. The standard InChI is InChI=1S/C17H18ClFN2O5/c18-11-1-2-14(13(19)5-11)24-6-10-3-12(4-10)26-16(23)21-7-17(8-21)9-25-15(22)20-17/h1-2,5,10,12H,3-4,6-9H2,(H,20,22). The van der Waals surface area contributed by atoms with Crippen molar-refractivity contribution in [3.63, 3.8) is 0 Å². The molecule has 7 nitrogen and oxygen atoms in total. The number of ether oxygens (including phenoxy) is 3. The van der Waals surface area contributed by atoms with Crippen molar-refractivity contribution < 1.29 is 28.2 Å². The van der Waals surface area contributed by atoms with Gasteiger partial charge < -0.3 is 24.4 Å². The topological polar surface area (TPSA) is 77.1 Å². The molecule has 1 aliphatic carbocycles. The lowest BCUT2D eigenvalue weighted by Crippen LogP contribution is -2.70. The van der Waals surface area contributed by atoms with Gasteiger partial charge in [0.05, 0.1) is 19.7 Å².